The number of para-hydroxylation sites is 1. The number of aromatic nitrogens is 4. The van der Waals surface area contributed by atoms with Gasteiger partial charge >= 0.3 is 0 Å². The van der Waals surface area contributed by atoms with Crippen molar-refractivity contribution in [3.8, 4) is 17.4 Å². The number of methoxy groups -OCH3 is 2. The van der Waals surface area contributed by atoms with E-state index in [2.05, 4.69) is 26.3 Å². The molecule has 0 N–H and O–H groups in total. The second kappa shape index (κ2) is 5.76. The summed E-state index contributed by atoms with van der Waals surface area (Å²) in [6.07, 6.45) is 4.41. The number of hydrogen-bond acceptors (Lipinski definition) is 4. The second-order valence-corrected chi connectivity index (χ2v) is 6.77. The number of nitrogens with zero attached hydrogens (tertiary/aromatic N) is 4. The van der Waals surface area contributed by atoms with Crippen molar-refractivity contribution in [3.63, 3.8) is 0 Å². The molecule has 1 saturated carbocycles. The fourth-order valence-corrected chi connectivity index (χ4v) is 3.52. The topological polar surface area (TPSA) is 54.1 Å². The summed E-state index contributed by atoms with van der Waals surface area (Å²) in [5, 5.41) is 1.10. The molecule has 5 rings (SSSR count). The van der Waals surface area contributed by atoms with Crippen LogP contribution in [0, 0.1) is 5.92 Å². The average Bonchev–Trinajstić information content (AvgIpc) is 3.28. The smallest absolute Gasteiger partial charge is 0.214 e. The lowest BCUT2D eigenvalue weighted by Crippen LogP contribution is -2.08. The van der Waals surface area contributed by atoms with Crippen LogP contribution in [0.4, 0.5) is 0 Å². The Morgan fingerprint density at radius 2 is 2.00 bits per heavy atom. The number of ether oxygens (including phenoxy) is 2. The zero-order valence-electron chi connectivity index (χ0n) is 14.8. The monoisotopic (exact) mass is 348 g/mol. The van der Waals surface area contributed by atoms with Gasteiger partial charge in [0.25, 0.3) is 0 Å². The summed E-state index contributed by atoms with van der Waals surface area (Å²) < 4.78 is 15.3. The van der Waals surface area contributed by atoms with Crippen LogP contribution in [0.2, 0.25) is 0 Å². The molecule has 3 aromatic heterocycles. The third-order valence-electron chi connectivity index (χ3n) is 5.04. The van der Waals surface area contributed by atoms with Gasteiger partial charge < -0.3 is 14.0 Å². The molecule has 1 aromatic carbocycles. The van der Waals surface area contributed by atoms with Crippen molar-refractivity contribution in [2.24, 2.45) is 5.92 Å². The lowest BCUT2D eigenvalue weighted by molar-refractivity contribution is 0.398. The van der Waals surface area contributed by atoms with Crippen molar-refractivity contribution in [2.45, 2.75) is 19.4 Å². The predicted molar refractivity (Wildman–Crippen MR) is 100 cm³/mol. The van der Waals surface area contributed by atoms with Gasteiger partial charge in [-0.25, -0.2) is 4.98 Å². The van der Waals surface area contributed by atoms with Crippen molar-refractivity contribution in [2.75, 3.05) is 14.2 Å². The average molecular weight is 348 g/mol. The highest BCUT2D eigenvalue weighted by Gasteiger charge is 2.25. The Labute approximate surface area is 151 Å². The van der Waals surface area contributed by atoms with Crippen LogP contribution in [-0.2, 0) is 6.54 Å². The molecule has 1 fully saturated rings. The molecule has 6 nitrogen and oxygen atoms in total. The molecular formula is C20H20N4O2. The lowest BCUT2D eigenvalue weighted by atomic mass is 10.3. The summed E-state index contributed by atoms with van der Waals surface area (Å²) in [4.78, 5) is 9.27. The SMILES string of the molecule is COc1ccc2cc(-n3cnc4cccc(OC)c43)n(CC3CC3)c2n1. The summed E-state index contributed by atoms with van der Waals surface area (Å²) in [5.41, 5.74) is 2.84. The number of fused-ring (bicyclic) bond motifs is 2. The van der Waals surface area contributed by atoms with E-state index in [0.717, 1.165) is 40.2 Å². The largest absolute Gasteiger partial charge is 0.494 e. The molecule has 0 saturated heterocycles. The van der Waals surface area contributed by atoms with Crippen molar-refractivity contribution >= 4 is 22.1 Å². The maximum atomic E-state index is 5.59. The Morgan fingerprint density at radius 3 is 2.77 bits per heavy atom. The highest BCUT2D eigenvalue weighted by Crippen LogP contribution is 2.35. The van der Waals surface area contributed by atoms with E-state index in [4.69, 9.17) is 14.5 Å². The fraction of sp³-hybridized carbons (Fsp3) is 0.300. The molecule has 0 spiro atoms. The second-order valence-electron chi connectivity index (χ2n) is 6.77. The van der Waals surface area contributed by atoms with Gasteiger partial charge in [-0.15, -0.1) is 0 Å². The Kier molecular flexibility index (Phi) is 3.38. The van der Waals surface area contributed by atoms with Crippen LogP contribution in [0.3, 0.4) is 0 Å². The maximum Gasteiger partial charge on any atom is 0.214 e. The summed E-state index contributed by atoms with van der Waals surface area (Å²) in [6, 6.07) is 12.1. The molecule has 26 heavy (non-hydrogen) atoms. The van der Waals surface area contributed by atoms with E-state index < -0.39 is 0 Å². The number of hydrogen-bond donors (Lipinski definition) is 0. The molecule has 0 amide bonds. The Balaban J connectivity index is 1.78. The third-order valence-corrected chi connectivity index (χ3v) is 5.04. The first-order valence-electron chi connectivity index (χ1n) is 8.83. The molecule has 3 heterocycles. The van der Waals surface area contributed by atoms with E-state index in [-0.39, 0.29) is 0 Å². The summed E-state index contributed by atoms with van der Waals surface area (Å²) in [7, 11) is 3.34. The first-order valence-corrected chi connectivity index (χ1v) is 8.83. The lowest BCUT2D eigenvalue weighted by Gasteiger charge is -2.12. The fourth-order valence-electron chi connectivity index (χ4n) is 3.52. The first-order chi connectivity index (χ1) is 12.8. The van der Waals surface area contributed by atoms with Crippen molar-refractivity contribution in [1.82, 2.24) is 19.1 Å². The third kappa shape index (κ3) is 2.33. The van der Waals surface area contributed by atoms with Crippen LogP contribution in [0.15, 0.2) is 42.7 Å². The van der Waals surface area contributed by atoms with Crippen LogP contribution in [0.5, 0.6) is 11.6 Å². The molecule has 1 aliphatic rings. The maximum absolute atomic E-state index is 5.59. The quantitative estimate of drug-likeness (QED) is 0.550. The van der Waals surface area contributed by atoms with Crippen LogP contribution >= 0.6 is 0 Å². The van der Waals surface area contributed by atoms with E-state index in [1.54, 1.807) is 14.2 Å². The molecule has 132 valence electrons. The minimum atomic E-state index is 0.632. The predicted octanol–water partition coefficient (Wildman–Crippen LogP) is 3.80. The number of benzene rings is 1. The van der Waals surface area contributed by atoms with E-state index in [1.165, 1.54) is 12.8 Å². The van der Waals surface area contributed by atoms with Gasteiger partial charge in [0.1, 0.15) is 29.1 Å². The molecular weight excluding hydrogens is 328 g/mol. The normalized spacial score (nSPS) is 14.2. The zero-order chi connectivity index (χ0) is 17.7. The summed E-state index contributed by atoms with van der Waals surface area (Å²) in [6.45, 7) is 0.952. The Morgan fingerprint density at radius 1 is 1.12 bits per heavy atom. The zero-order valence-corrected chi connectivity index (χ0v) is 14.8. The van der Waals surface area contributed by atoms with E-state index in [9.17, 15) is 0 Å². The van der Waals surface area contributed by atoms with Crippen molar-refractivity contribution in [3.05, 3.63) is 42.7 Å². The van der Waals surface area contributed by atoms with Gasteiger partial charge in [0, 0.05) is 18.0 Å². The van der Waals surface area contributed by atoms with Crippen LogP contribution in [-0.4, -0.2) is 33.3 Å². The molecule has 4 aromatic rings. The molecule has 6 heteroatoms. The van der Waals surface area contributed by atoms with Gasteiger partial charge in [-0.05, 0) is 43.0 Å². The molecule has 0 unspecified atom stereocenters. The van der Waals surface area contributed by atoms with E-state index in [1.807, 2.05) is 30.6 Å². The van der Waals surface area contributed by atoms with Crippen molar-refractivity contribution < 1.29 is 9.47 Å². The van der Waals surface area contributed by atoms with E-state index >= 15 is 0 Å². The molecule has 0 atom stereocenters. The van der Waals surface area contributed by atoms with Crippen LogP contribution < -0.4 is 9.47 Å². The van der Waals surface area contributed by atoms with Gasteiger partial charge in [-0.2, -0.15) is 4.98 Å². The molecule has 1 aliphatic carbocycles. The molecule has 0 aliphatic heterocycles. The van der Waals surface area contributed by atoms with Gasteiger partial charge in [0.05, 0.1) is 19.7 Å². The van der Waals surface area contributed by atoms with Crippen molar-refractivity contribution in [1.29, 1.82) is 0 Å². The standard InChI is InChI=1S/C20H20N4O2/c1-25-16-5-3-4-15-19(16)24(12-21-15)18-10-14-8-9-17(26-2)22-20(14)23(18)11-13-6-7-13/h3-5,8-10,12-13H,6-7,11H2,1-2H3. The van der Waals surface area contributed by atoms with Crippen LogP contribution in [0.1, 0.15) is 12.8 Å². The van der Waals surface area contributed by atoms with Crippen LogP contribution in [0.25, 0.3) is 27.9 Å². The molecule has 0 radical (unpaired) electrons. The number of imidazole rings is 1. The Bertz CT molecular complexity index is 1110. The summed E-state index contributed by atoms with van der Waals surface area (Å²) >= 11 is 0. The number of pyridine rings is 1. The van der Waals surface area contributed by atoms with Gasteiger partial charge in [0.2, 0.25) is 5.88 Å². The number of rotatable bonds is 5. The Hall–Kier alpha value is -3.02. The summed E-state index contributed by atoms with van der Waals surface area (Å²) in [5.74, 6) is 3.22. The van der Waals surface area contributed by atoms with E-state index in [0.29, 0.717) is 11.8 Å². The minimum absolute atomic E-state index is 0.632. The van der Waals surface area contributed by atoms with Gasteiger partial charge in [0.15, 0.2) is 0 Å². The highest BCUT2D eigenvalue weighted by atomic mass is 16.5. The molecule has 0 bridgehead atoms. The van der Waals surface area contributed by atoms with Gasteiger partial charge in [-0.3, -0.25) is 4.57 Å². The highest BCUT2D eigenvalue weighted by molar-refractivity contribution is 5.86. The minimum Gasteiger partial charge on any atom is -0.494 e. The van der Waals surface area contributed by atoms with Gasteiger partial charge in [-0.1, -0.05) is 6.07 Å². The first kappa shape index (κ1) is 15.3.